The zero-order valence-electron chi connectivity index (χ0n) is 13.6. The van der Waals surface area contributed by atoms with Gasteiger partial charge in [0.25, 0.3) is 0 Å². The van der Waals surface area contributed by atoms with E-state index in [0.29, 0.717) is 6.54 Å². The smallest absolute Gasteiger partial charge is 0.235 e. The minimum atomic E-state index is -0.833. The van der Waals surface area contributed by atoms with Crippen LogP contribution >= 0.6 is 0 Å². The number of carbonyl (C=O) groups excluding carboxylic acids is 1. The molecule has 0 aromatic carbocycles. The van der Waals surface area contributed by atoms with Gasteiger partial charge >= 0.3 is 0 Å². The number of nitriles is 1. The molecule has 0 radical (unpaired) electrons. The highest BCUT2D eigenvalue weighted by Crippen LogP contribution is 2.19. The van der Waals surface area contributed by atoms with Crippen LogP contribution in [0.1, 0.15) is 33.6 Å². The van der Waals surface area contributed by atoms with E-state index >= 15 is 0 Å². The third-order valence-corrected chi connectivity index (χ3v) is 4.53. The second kappa shape index (κ2) is 7.74. The van der Waals surface area contributed by atoms with Crippen molar-refractivity contribution in [3.63, 3.8) is 0 Å². The van der Waals surface area contributed by atoms with Crippen LogP contribution in [-0.2, 0) is 9.53 Å². The van der Waals surface area contributed by atoms with Gasteiger partial charge in [-0.05, 0) is 25.7 Å². The number of likely N-dealkylation sites (tertiary alicyclic amines) is 1. The van der Waals surface area contributed by atoms with Gasteiger partial charge in [-0.3, -0.25) is 9.69 Å². The molecular formula is C15H28N4O2. The summed E-state index contributed by atoms with van der Waals surface area (Å²) in [6.07, 6.45) is 1.97. The third-order valence-electron chi connectivity index (χ3n) is 4.53. The molecule has 21 heavy (non-hydrogen) atoms. The van der Waals surface area contributed by atoms with Crippen LogP contribution in [0.5, 0.6) is 0 Å². The molecule has 0 aliphatic carbocycles. The van der Waals surface area contributed by atoms with Gasteiger partial charge in [0.2, 0.25) is 5.91 Å². The van der Waals surface area contributed by atoms with E-state index in [9.17, 15) is 10.1 Å². The molecule has 0 aromatic heterocycles. The van der Waals surface area contributed by atoms with E-state index in [2.05, 4.69) is 16.3 Å². The minimum Gasteiger partial charge on any atom is -0.381 e. The Morgan fingerprint density at radius 3 is 2.76 bits per heavy atom. The normalized spacial score (nSPS) is 26.1. The molecule has 3 unspecified atom stereocenters. The van der Waals surface area contributed by atoms with E-state index in [1.54, 1.807) is 14.0 Å². The molecule has 1 heterocycles. The first-order valence-electron chi connectivity index (χ1n) is 7.55. The molecule has 1 rings (SSSR count). The number of nitrogens with two attached hydrogens (primary N) is 1. The molecule has 6 heteroatoms. The summed E-state index contributed by atoms with van der Waals surface area (Å²) in [6.45, 7) is 7.19. The van der Waals surface area contributed by atoms with Crippen LogP contribution in [0.2, 0.25) is 0 Å². The first-order valence-corrected chi connectivity index (χ1v) is 7.55. The lowest BCUT2D eigenvalue weighted by Crippen LogP contribution is -2.55. The molecule has 0 aromatic rings. The van der Waals surface area contributed by atoms with Gasteiger partial charge in [0.05, 0.1) is 18.7 Å². The predicted octanol–water partition coefficient (Wildman–Crippen LogP) is 0.479. The fourth-order valence-corrected chi connectivity index (χ4v) is 2.55. The second-order valence-corrected chi connectivity index (χ2v) is 6.26. The number of hydrogen-bond donors (Lipinski definition) is 2. The van der Waals surface area contributed by atoms with Gasteiger partial charge in [-0.1, -0.05) is 13.8 Å². The van der Waals surface area contributed by atoms with E-state index in [0.717, 1.165) is 19.4 Å². The van der Waals surface area contributed by atoms with Crippen molar-refractivity contribution in [1.82, 2.24) is 10.2 Å². The van der Waals surface area contributed by atoms with Gasteiger partial charge in [-0.2, -0.15) is 5.26 Å². The topological polar surface area (TPSA) is 91.4 Å². The summed E-state index contributed by atoms with van der Waals surface area (Å²) < 4.78 is 5.38. The summed E-state index contributed by atoms with van der Waals surface area (Å²) in [4.78, 5) is 14.3. The molecule has 0 saturated carbocycles. The first-order chi connectivity index (χ1) is 9.86. The van der Waals surface area contributed by atoms with Crippen LogP contribution in [-0.4, -0.2) is 55.2 Å². The summed E-state index contributed by atoms with van der Waals surface area (Å²) in [5.74, 6) is -0.0713. The molecule has 1 saturated heterocycles. The predicted molar refractivity (Wildman–Crippen MR) is 81.4 cm³/mol. The minimum absolute atomic E-state index is 0.0518. The number of rotatable bonds is 6. The highest BCUT2D eigenvalue weighted by Gasteiger charge is 2.33. The van der Waals surface area contributed by atoms with Crippen LogP contribution in [0, 0.1) is 17.2 Å². The fourth-order valence-electron chi connectivity index (χ4n) is 2.55. The highest BCUT2D eigenvalue weighted by molar-refractivity contribution is 5.79. The Bertz CT molecular complexity index is 394. The summed E-state index contributed by atoms with van der Waals surface area (Å²) >= 11 is 0. The molecule has 120 valence electrons. The average molecular weight is 296 g/mol. The van der Waals surface area contributed by atoms with Crippen LogP contribution < -0.4 is 11.1 Å². The Labute approximate surface area is 127 Å². The summed E-state index contributed by atoms with van der Waals surface area (Å²) in [5, 5.41) is 12.1. The van der Waals surface area contributed by atoms with Crippen LogP contribution in [0.4, 0.5) is 0 Å². The van der Waals surface area contributed by atoms with Gasteiger partial charge in [0.1, 0.15) is 5.54 Å². The number of methoxy groups -OCH3 is 1. The van der Waals surface area contributed by atoms with Gasteiger partial charge in [-0.15, -0.1) is 0 Å². The number of nitrogens with one attached hydrogen (secondary N) is 1. The number of nitrogens with zero attached hydrogens (tertiary/aromatic N) is 2. The lowest BCUT2D eigenvalue weighted by Gasteiger charge is -2.38. The molecule has 1 aliphatic heterocycles. The van der Waals surface area contributed by atoms with E-state index in [4.69, 9.17) is 10.5 Å². The first kappa shape index (κ1) is 17.9. The van der Waals surface area contributed by atoms with E-state index in [1.165, 1.54) is 0 Å². The lowest BCUT2D eigenvalue weighted by atomic mass is 9.90. The number of piperidine rings is 1. The SMILES string of the molecule is COC1CCN(CC(=O)NC(C)(C#N)C(C)C)C(CN)C1. The molecule has 6 nitrogen and oxygen atoms in total. The van der Waals surface area contributed by atoms with Gasteiger partial charge < -0.3 is 15.8 Å². The van der Waals surface area contributed by atoms with Crippen LogP contribution in [0.15, 0.2) is 0 Å². The van der Waals surface area contributed by atoms with E-state index < -0.39 is 5.54 Å². The maximum absolute atomic E-state index is 12.2. The monoisotopic (exact) mass is 296 g/mol. The Morgan fingerprint density at radius 1 is 1.62 bits per heavy atom. The van der Waals surface area contributed by atoms with Crippen molar-refractivity contribution in [1.29, 1.82) is 5.26 Å². The third kappa shape index (κ3) is 4.67. The Morgan fingerprint density at radius 2 is 2.29 bits per heavy atom. The number of hydrogen-bond acceptors (Lipinski definition) is 5. The van der Waals surface area contributed by atoms with Crippen molar-refractivity contribution in [3.8, 4) is 6.07 Å². The summed E-state index contributed by atoms with van der Waals surface area (Å²) in [7, 11) is 1.71. The van der Waals surface area contributed by atoms with Gasteiger partial charge in [-0.25, -0.2) is 0 Å². The molecule has 3 atom stereocenters. The van der Waals surface area contributed by atoms with E-state index in [1.807, 2.05) is 13.8 Å². The van der Waals surface area contributed by atoms with Crippen molar-refractivity contribution in [3.05, 3.63) is 0 Å². The number of carbonyl (C=O) groups is 1. The molecule has 0 spiro atoms. The van der Waals surface area contributed by atoms with Crippen molar-refractivity contribution in [2.45, 2.75) is 51.3 Å². The number of amides is 1. The van der Waals surface area contributed by atoms with Crippen molar-refractivity contribution in [2.24, 2.45) is 11.7 Å². The van der Waals surface area contributed by atoms with Crippen molar-refractivity contribution >= 4 is 5.91 Å². The van der Waals surface area contributed by atoms with E-state index in [-0.39, 0.29) is 30.5 Å². The fraction of sp³-hybridized carbons (Fsp3) is 0.867. The van der Waals surface area contributed by atoms with Crippen molar-refractivity contribution in [2.75, 3.05) is 26.7 Å². The van der Waals surface area contributed by atoms with Crippen LogP contribution in [0.3, 0.4) is 0 Å². The average Bonchev–Trinajstić information content (AvgIpc) is 2.47. The van der Waals surface area contributed by atoms with Crippen molar-refractivity contribution < 1.29 is 9.53 Å². The number of ether oxygens (including phenoxy) is 1. The Balaban J connectivity index is 2.60. The van der Waals surface area contributed by atoms with Gasteiger partial charge in [0.15, 0.2) is 0 Å². The second-order valence-electron chi connectivity index (χ2n) is 6.26. The standard InChI is InChI=1S/C15H28N4O2/c1-11(2)15(3,10-17)18-14(20)9-19-6-5-13(21-4)7-12(19)8-16/h11-13H,5-9,16H2,1-4H3,(H,18,20). The Hall–Kier alpha value is -1.16. The maximum atomic E-state index is 12.2. The molecule has 1 aliphatic rings. The Kier molecular flexibility index (Phi) is 6.59. The zero-order valence-corrected chi connectivity index (χ0v) is 13.6. The molecule has 1 fully saturated rings. The lowest BCUT2D eigenvalue weighted by molar-refractivity contribution is -0.125. The molecule has 0 bridgehead atoms. The zero-order chi connectivity index (χ0) is 16.0. The summed E-state index contributed by atoms with van der Waals surface area (Å²) in [5.41, 5.74) is 4.97. The summed E-state index contributed by atoms with van der Waals surface area (Å²) in [6, 6.07) is 2.35. The molecule has 3 N–H and O–H groups in total. The highest BCUT2D eigenvalue weighted by atomic mass is 16.5. The largest absolute Gasteiger partial charge is 0.381 e. The maximum Gasteiger partial charge on any atom is 0.235 e. The quantitative estimate of drug-likeness (QED) is 0.744. The molecule has 1 amide bonds. The molecular weight excluding hydrogens is 268 g/mol. The van der Waals surface area contributed by atoms with Gasteiger partial charge in [0, 0.05) is 26.2 Å². The van der Waals surface area contributed by atoms with Crippen LogP contribution in [0.25, 0.3) is 0 Å².